The van der Waals surface area contributed by atoms with Gasteiger partial charge in [-0.1, -0.05) is 258 Å². The van der Waals surface area contributed by atoms with Gasteiger partial charge >= 0.3 is 25.7 Å². The third-order valence-corrected chi connectivity index (χ3v) is 20.3. The predicted octanol–water partition coefficient (Wildman–Crippen LogP) is 11.1. The number of aliphatic hydroxyl groups is 10. The number of allylic oxidation sites excluding steroid dienone is 2. The van der Waals surface area contributed by atoms with Gasteiger partial charge in [0, 0.05) is 19.3 Å². The second kappa shape index (κ2) is 56.1. The Balaban J connectivity index is 1.70. The lowest BCUT2D eigenvalue weighted by molar-refractivity contribution is -0.360. The smallest absolute Gasteiger partial charge is 0.463 e. The van der Waals surface area contributed by atoms with Crippen LogP contribution in [0.4, 0.5) is 0 Å². The molecule has 2 aliphatic heterocycles. The number of hydrogen-bond donors (Lipinski definition) is 11. The molecule has 3 aliphatic rings. The highest BCUT2D eigenvalue weighted by molar-refractivity contribution is 7.47. The lowest BCUT2D eigenvalue weighted by Crippen LogP contribution is -2.69. The summed E-state index contributed by atoms with van der Waals surface area (Å²) in [5.41, 5.74) is 0. The number of hydrogen-bond acceptors (Lipinski definition) is 23. The molecular weight excluding hydrogens is 1300 g/mol. The van der Waals surface area contributed by atoms with E-state index in [9.17, 15) is 74.9 Å². The average Bonchev–Trinajstić information content (AvgIpc) is 0.763. The normalized spacial score (nSPS) is 27.5. The van der Waals surface area contributed by atoms with Crippen LogP contribution in [-0.4, -0.2) is 204 Å². The summed E-state index contributed by atoms with van der Waals surface area (Å²) >= 11 is 0. The van der Waals surface area contributed by atoms with E-state index in [-0.39, 0.29) is 19.3 Å². The highest BCUT2D eigenvalue weighted by Crippen LogP contribution is 2.49. The van der Waals surface area contributed by atoms with Gasteiger partial charge in [0.05, 0.1) is 13.2 Å². The first-order valence-corrected chi connectivity index (χ1v) is 40.5. The first-order valence-electron chi connectivity index (χ1n) is 39.0. The van der Waals surface area contributed by atoms with Gasteiger partial charge in [0.2, 0.25) is 0 Å². The molecule has 0 spiro atoms. The van der Waals surface area contributed by atoms with Crippen LogP contribution in [0, 0.1) is 0 Å². The largest absolute Gasteiger partial charge is 0.472 e. The number of phosphoric ester groups is 1. The summed E-state index contributed by atoms with van der Waals surface area (Å²) in [6, 6.07) is 0. The van der Waals surface area contributed by atoms with Crippen molar-refractivity contribution in [2.75, 3.05) is 26.4 Å². The Morgan fingerprint density at radius 2 is 0.707 bits per heavy atom. The molecule has 0 amide bonds. The monoisotopic (exact) mass is 1440 g/mol. The molecule has 24 nitrogen and oxygen atoms in total. The van der Waals surface area contributed by atoms with Crippen molar-refractivity contribution in [1.29, 1.82) is 0 Å². The van der Waals surface area contributed by atoms with E-state index >= 15 is 0 Å². The first kappa shape index (κ1) is 90.9. The second-order valence-corrected chi connectivity index (χ2v) is 29.5. The maximum atomic E-state index is 14.3. The van der Waals surface area contributed by atoms with Crippen LogP contribution in [0.15, 0.2) is 12.2 Å². The topological polar surface area (TPSA) is 374 Å². The van der Waals surface area contributed by atoms with Gasteiger partial charge < -0.3 is 89.1 Å². The molecule has 3 rings (SSSR count). The molecule has 0 aromatic rings. The fraction of sp³-hybridized carbons (Fsp3) is 0.932. The third-order valence-electron chi connectivity index (χ3n) is 19.3. The molecule has 11 N–H and O–H groups in total. The number of carbonyl (C=O) groups excluding carboxylic acids is 3. The second-order valence-electron chi connectivity index (χ2n) is 28.1. The minimum Gasteiger partial charge on any atom is -0.463 e. The Kier molecular flexibility index (Phi) is 51.5. The van der Waals surface area contributed by atoms with Gasteiger partial charge in [0.1, 0.15) is 98.7 Å². The van der Waals surface area contributed by atoms with Crippen LogP contribution in [0.5, 0.6) is 0 Å². The van der Waals surface area contributed by atoms with Crippen LogP contribution in [0.25, 0.3) is 0 Å². The number of esters is 3. The van der Waals surface area contributed by atoms with E-state index in [1.54, 1.807) is 0 Å². The quantitative estimate of drug-likeness (QED) is 0.00886. The Hall–Kier alpha value is -2.30. The van der Waals surface area contributed by atoms with Crippen LogP contribution in [0.2, 0.25) is 0 Å². The lowest BCUT2D eigenvalue weighted by atomic mass is 9.84. The molecule has 3 fully saturated rings. The molecule has 2 saturated heterocycles. The van der Waals surface area contributed by atoms with Crippen LogP contribution in [0.1, 0.15) is 310 Å². The fourth-order valence-electron chi connectivity index (χ4n) is 12.9. The van der Waals surface area contributed by atoms with Gasteiger partial charge in [-0.25, -0.2) is 4.57 Å². The van der Waals surface area contributed by atoms with Crippen molar-refractivity contribution >= 4 is 25.7 Å². The van der Waals surface area contributed by atoms with Gasteiger partial charge in [-0.15, -0.1) is 0 Å². The van der Waals surface area contributed by atoms with E-state index in [4.69, 9.17) is 42.2 Å². The van der Waals surface area contributed by atoms with E-state index in [1.165, 1.54) is 135 Å². The van der Waals surface area contributed by atoms with Gasteiger partial charge in [0.15, 0.2) is 18.7 Å². The number of aliphatic hydroxyl groups excluding tert-OH is 10. The summed E-state index contributed by atoms with van der Waals surface area (Å²) < 4.78 is 65.1. The summed E-state index contributed by atoms with van der Waals surface area (Å²) in [6.07, 6.45) is 15.5. The molecular formula is C74H137O24P. The van der Waals surface area contributed by atoms with Crippen molar-refractivity contribution in [3.05, 3.63) is 12.2 Å². The van der Waals surface area contributed by atoms with E-state index in [2.05, 4.69) is 32.9 Å². The van der Waals surface area contributed by atoms with Crippen molar-refractivity contribution in [1.82, 2.24) is 0 Å². The van der Waals surface area contributed by atoms with Crippen LogP contribution in [0.3, 0.4) is 0 Å². The van der Waals surface area contributed by atoms with Gasteiger partial charge in [0.25, 0.3) is 0 Å². The molecule has 18 unspecified atom stereocenters. The van der Waals surface area contributed by atoms with Crippen LogP contribution < -0.4 is 0 Å². The molecule has 2 heterocycles. The zero-order valence-electron chi connectivity index (χ0n) is 60.8. The van der Waals surface area contributed by atoms with Crippen molar-refractivity contribution in [3.8, 4) is 0 Å². The molecule has 0 aromatic carbocycles. The third kappa shape index (κ3) is 39.0. The number of unbranched alkanes of at least 4 members (excludes halogenated alkanes) is 38. The van der Waals surface area contributed by atoms with Crippen molar-refractivity contribution in [2.45, 2.75) is 414 Å². The minimum absolute atomic E-state index is 0.0330. The number of ether oxygens (including phenoxy) is 7. The summed E-state index contributed by atoms with van der Waals surface area (Å²) in [6.45, 7) is 3.45. The first-order chi connectivity index (χ1) is 47.8. The zero-order chi connectivity index (χ0) is 72.5. The molecule has 0 aromatic heterocycles. The Bertz CT molecular complexity index is 2090. The number of rotatable bonds is 61. The molecule has 18 atom stereocenters. The van der Waals surface area contributed by atoms with Crippen molar-refractivity contribution in [2.24, 2.45) is 0 Å². The van der Waals surface area contributed by atoms with Crippen molar-refractivity contribution < 1.29 is 117 Å². The van der Waals surface area contributed by atoms with E-state index < -0.39 is 156 Å². The maximum absolute atomic E-state index is 14.3. The van der Waals surface area contributed by atoms with E-state index in [0.717, 1.165) is 116 Å². The molecule has 582 valence electrons. The Labute approximate surface area is 592 Å². The molecule has 0 radical (unpaired) electrons. The highest BCUT2D eigenvalue weighted by Gasteiger charge is 2.58. The highest BCUT2D eigenvalue weighted by atomic mass is 31.2. The van der Waals surface area contributed by atoms with Gasteiger partial charge in [-0.3, -0.25) is 23.4 Å². The summed E-state index contributed by atoms with van der Waals surface area (Å²) in [7, 11) is -5.69. The molecule has 99 heavy (non-hydrogen) atoms. The minimum atomic E-state index is -5.69. The van der Waals surface area contributed by atoms with Crippen molar-refractivity contribution in [3.63, 3.8) is 0 Å². The van der Waals surface area contributed by atoms with Gasteiger partial charge in [-0.05, 0) is 44.9 Å². The van der Waals surface area contributed by atoms with Gasteiger partial charge in [-0.2, -0.15) is 0 Å². The molecule has 1 saturated carbocycles. The predicted molar refractivity (Wildman–Crippen MR) is 375 cm³/mol. The average molecular weight is 1440 g/mol. The SMILES string of the molecule is CCCCCC/C=C\CCCCCCCCCC(=O)OCC(COP(=O)(O)OC1C(OC2OC(CO)C(O)C(O)C2O)C(O)C(O)C(O)C1OC1OC(COC(=O)CCCCCCCCCCCCCCCCCCC)C(O)C(O)C1O)OC(=O)CCCCCCCCCCCCCC. The zero-order valence-corrected chi connectivity index (χ0v) is 61.7. The summed E-state index contributed by atoms with van der Waals surface area (Å²) in [4.78, 5) is 51.0. The van der Waals surface area contributed by atoms with Crippen LogP contribution >= 0.6 is 7.82 Å². The Morgan fingerprint density at radius 3 is 1.10 bits per heavy atom. The standard InChI is InChI=1S/C74H137O24P/c1-4-7-10-13-16-19-22-25-27-28-30-32-35-37-40-43-46-49-59(77)91-54-57-62(80)64(82)69(87)74(95-57)97-71-67(85)65(83)66(84)70(96-73-68(86)63(81)61(79)56(51-75)94-73)72(71)98-99(88,89)92-53-55(93-60(78)50-47-44-41-38-33-24-21-18-15-12-9-6-3)52-90-58(76)48-45-42-39-36-34-31-29-26-23-20-17-14-11-8-5-2/h20,23,55-57,61-75,79-87H,4-19,21-22,24-54H2,1-3H3,(H,88,89)/b23-20-. The van der Waals surface area contributed by atoms with E-state index in [0.29, 0.717) is 19.3 Å². The van der Waals surface area contributed by atoms with Crippen LogP contribution in [-0.2, 0) is 61.2 Å². The fourth-order valence-corrected chi connectivity index (χ4v) is 13.9. The molecule has 0 bridgehead atoms. The molecule has 1 aliphatic carbocycles. The molecule has 25 heteroatoms. The summed E-state index contributed by atoms with van der Waals surface area (Å²) in [5.74, 6) is -1.98. The number of phosphoric acid groups is 1. The Morgan fingerprint density at radius 1 is 0.384 bits per heavy atom. The van der Waals surface area contributed by atoms with E-state index in [1.807, 2.05) is 0 Å². The number of carbonyl (C=O) groups is 3. The lowest BCUT2D eigenvalue weighted by Gasteiger charge is -2.49. The maximum Gasteiger partial charge on any atom is 0.472 e. The summed E-state index contributed by atoms with van der Waals surface area (Å²) in [5, 5.41) is 110.